The lowest BCUT2D eigenvalue weighted by Crippen LogP contribution is -1.97. The van der Waals surface area contributed by atoms with Gasteiger partial charge in [-0.15, -0.1) is 0 Å². The topological polar surface area (TPSA) is 38.0 Å². The van der Waals surface area contributed by atoms with Crippen LogP contribution in [0.25, 0.3) is 10.9 Å². The molecule has 3 nitrogen and oxygen atoms in total. The lowest BCUT2D eigenvalue weighted by Gasteiger charge is -1.97. The van der Waals surface area contributed by atoms with Crippen molar-refractivity contribution < 1.29 is 5.11 Å². The van der Waals surface area contributed by atoms with Crippen LogP contribution in [-0.4, -0.2) is 14.9 Å². The monoisotopic (exact) mass is 226 g/mol. The van der Waals surface area contributed by atoms with Crippen LogP contribution in [0.15, 0.2) is 28.9 Å². The molecule has 0 bridgehead atoms. The largest absolute Gasteiger partial charge is 0.374 e. The van der Waals surface area contributed by atoms with Crippen molar-refractivity contribution in [3.8, 4) is 0 Å². The SMILES string of the molecule is OCn1ncc2ccc(Br)cc21. The molecule has 1 aromatic heterocycles. The van der Waals surface area contributed by atoms with Crippen LogP contribution < -0.4 is 0 Å². The maximum Gasteiger partial charge on any atom is 0.136 e. The third kappa shape index (κ3) is 1.13. The maximum atomic E-state index is 8.90. The second-order valence-corrected chi connectivity index (χ2v) is 3.40. The van der Waals surface area contributed by atoms with E-state index in [-0.39, 0.29) is 6.73 Å². The van der Waals surface area contributed by atoms with E-state index in [9.17, 15) is 0 Å². The molecule has 0 saturated carbocycles. The average molecular weight is 227 g/mol. The van der Waals surface area contributed by atoms with Crippen molar-refractivity contribution in [1.82, 2.24) is 9.78 Å². The van der Waals surface area contributed by atoms with Crippen LogP contribution in [0.3, 0.4) is 0 Å². The van der Waals surface area contributed by atoms with E-state index in [4.69, 9.17) is 5.11 Å². The van der Waals surface area contributed by atoms with Gasteiger partial charge in [-0.05, 0) is 12.1 Å². The Labute approximate surface area is 77.7 Å². The summed E-state index contributed by atoms with van der Waals surface area (Å²) >= 11 is 3.36. The van der Waals surface area contributed by atoms with Gasteiger partial charge < -0.3 is 5.11 Å². The first-order valence-corrected chi connectivity index (χ1v) is 4.32. The molecule has 2 aromatic rings. The number of rotatable bonds is 1. The van der Waals surface area contributed by atoms with Gasteiger partial charge in [-0.2, -0.15) is 5.10 Å². The Morgan fingerprint density at radius 1 is 1.50 bits per heavy atom. The molecule has 2 rings (SSSR count). The van der Waals surface area contributed by atoms with Gasteiger partial charge >= 0.3 is 0 Å². The van der Waals surface area contributed by atoms with Crippen LogP contribution in [0.2, 0.25) is 0 Å². The van der Waals surface area contributed by atoms with Gasteiger partial charge in [-0.25, -0.2) is 4.68 Å². The Morgan fingerprint density at radius 3 is 3.08 bits per heavy atom. The summed E-state index contributed by atoms with van der Waals surface area (Å²) in [6.07, 6.45) is 1.73. The summed E-state index contributed by atoms with van der Waals surface area (Å²) in [4.78, 5) is 0. The molecule has 0 spiro atoms. The standard InChI is InChI=1S/C8H7BrN2O/c9-7-2-1-6-4-10-11(5-12)8(6)3-7/h1-4,12H,5H2. The highest BCUT2D eigenvalue weighted by atomic mass is 79.9. The van der Waals surface area contributed by atoms with E-state index in [1.165, 1.54) is 0 Å². The van der Waals surface area contributed by atoms with Gasteiger partial charge in [0.15, 0.2) is 0 Å². The molecule has 4 heteroatoms. The van der Waals surface area contributed by atoms with Crippen molar-refractivity contribution in [1.29, 1.82) is 0 Å². The minimum atomic E-state index is -0.0834. The van der Waals surface area contributed by atoms with Gasteiger partial charge in [0.1, 0.15) is 6.73 Å². The van der Waals surface area contributed by atoms with Crippen LogP contribution in [0.4, 0.5) is 0 Å². The molecule has 0 aliphatic heterocycles. The van der Waals surface area contributed by atoms with Crippen molar-refractivity contribution in [3.05, 3.63) is 28.9 Å². The molecule has 0 saturated heterocycles. The molecular weight excluding hydrogens is 220 g/mol. The van der Waals surface area contributed by atoms with E-state index in [0.29, 0.717) is 0 Å². The number of nitrogens with zero attached hydrogens (tertiary/aromatic N) is 2. The summed E-state index contributed by atoms with van der Waals surface area (Å²) in [5, 5.41) is 13.9. The molecule has 62 valence electrons. The molecule has 0 aliphatic carbocycles. The Hall–Kier alpha value is -0.870. The van der Waals surface area contributed by atoms with Gasteiger partial charge in [0.05, 0.1) is 11.7 Å². The number of aliphatic hydroxyl groups is 1. The van der Waals surface area contributed by atoms with Gasteiger partial charge in [-0.3, -0.25) is 0 Å². The molecule has 12 heavy (non-hydrogen) atoms. The lowest BCUT2D eigenvalue weighted by atomic mass is 10.3. The highest BCUT2D eigenvalue weighted by molar-refractivity contribution is 9.10. The lowest BCUT2D eigenvalue weighted by molar-refractivity contribution is 0.200. The number of hydrogen-bond donors (Lipinski definition) is 1. The molecule has 0 amide bonds. The number of fused-ring (bicyclic) bond motifs is 1. The van der Waals surface area contributed by atoms with E-state index in [2.05, 4.69) is 21.0 Å². The molecule has 0 radical (unpaired) electrons. The van der Waals surface area contributed by atoms with Gasteiger partial charge in [0, 0.05) is 9.86 Å². The van der Waals surface area contributed by atoms with Gasteiger partial charge in [0.2, 0.25) is 0 Å². The molecule has 0 atom stereocenters. The Morgan fingerprint density at radius 2 is 2.33 bits per heavy atom. The zero-order valence-corrected chi connectivity index (χ0v) is 7.82. The fraction of sp³-hybridized carbons (Fsp3) is 0.125. The second kappa shape index (κ2) is 2.88. The molecule has 0 fully saturated rings. The van der Waals surface area contributed by atoms with Crippen molar-refractivity contribution in [3.63, 3.8) is 0 Å². The van der Waals surface area contributed by atoms with Gasteiger partial charge in [-0.1, -0.05) is 22.0 Å². The minimum absolute atomic E-state index is 0.0834. The highest BCUT2D eigenvalue weighted by Gasteiger charge is 2.00. The zero-order chi connectivity index (χ0) is 8.55. The fourth-order valence-electron chi connectivity index (χ4n) is 1.16. The Bertz CT molecular complexity index is 410. The van der Waals surface area contributed by atoms with Crippen LogP contribution in [-0.2, 0) is 6.73 Å². The number of benzene rings is 1. The van der Waals surface area contributed by atoms with Crippen LogP contribution >= 0.6 is 15.9 Å². The highest BCUT2D eigenvalue weighted by Crippen LogP contribution is 2.18. The summed E-state index contributed by atoms with van der Waals surface area (Å²) in [6, 6.07) is 5.84. The molecule has 1 aromatic carbocycles. The summed E-state index contributed by atoms with van der Waals surface area (Å²) in [5.41, 5.74) is 0.937. The molecule has 1 heterocycles. The van der Waals surface area contributed by atoms with E-state index in [0.717, 1.165) is 15.4 Å². The number of hydrogen-bond acceptors (Lipinski definition) is 2. The second-order valence-electron chi connectivity index (χ2n) is 2.49. The van der Waals surface area contributed by atoms with Crippen molar-refractivity contribution >= 4 is 26.8 Å². The smallest absolute Gasteiger partial charge is 0.136 e. The minimum Gasteiger partial charge on any atom is -0.374 e. The molecular formula is C8H7BrN2O. The van der Waals surface area contributed by atoms with Crippen LogP contribution in [0.5, 0.6) is 0 Å². The first-order valence-electron chi connectivity index (χ1n) is 3.53. The first kappa shape index (κ1) is 7.76. The fourth-order valence-corrected chi connectivity index (χ4v) is 1.51. The molecule has 0 unspecified atom stereocenters. The van der Waals surface area contributed by atoms with Crippen molar-refractivity contribution in [2.24, 2.45) is 0 Å². The normalized spacial score (nSPS) is 10.8. The Kier molecular flexibility index (Phi) is 1.86. The third-order valence-electron chi connectivity index (χ3n) is 1.74. The summed E-state index contributed by atoms with van der Waals surface area (Å²) < 4.78 is 2.53. The van der Waals surface area contributed by atoms with Crippen LogP contribution in [0, 0.1) is 0 Å². The predicted octanol–water partition coefficient (Wildman–Crippen LogP) is 1.75. The van der Waals surface area contributed by atoms with Crippen molar-refractivity contribution in [2.75, 3.05) is 0 Å². The average Bonchev–Trinajstić information content (AvgIpc) is 2.46. The third-order valence-corrected chi connectivity index (χ3v) is 2.23. The number of aromatic nitrogens is 2. The van der Waals surface area contributed by atoms with Crippen LogP contribution in [0.1, 0.15) is 0 Å². The van der Waals surface area contributed by atoms with E-state index in [1.807, 2.05) is 18.2 Å². The van der Waals surface area contributed by atoms with Gasteiger partial charge in [0.25, 0.3) is 0 Å². The van der Waals surface area contributed by atoms with Crippen molar-refractivity contribution in [2.45, 2.75) is 6.73 Å². The summed E-state index contributed by atoms with van der Waals surface area (Å²) in [7, 11) is 0. The Balaban J connectivity index is 2.75. The maximum absolute atomic E-state index is 8.90. The predicted molar refractivity (Wildman–Crippen MR) is 49.7 cm³/mol. The van der Waals surface area contributed by atoms with E-state index >= 15 is 0 Å². The summed E-state index contributed by atoms with van der Waals surface area (Å²) in [5.74, 6) is 0. The van der Waals surface area contributed by atoms with E-state index in [1.54, 1.807) is 10.9 Å². The zero-order valence-electron chi connectivity index (χ0n) is 6.24. The number of halogens is 1. The number of aliphatic hydroxyl groups excluding tert-OH is 1. The van der Waals surface area contributed by atoms with E-state index < -0.39 is 0 Å². The summed E-state index contributed by atoms with van der Waals surface area (Å²) in [6.45, 7) is -0.0834. The molecule has 0 aliphatic rings. The molecule has 1 N–H and O–H groups in total. The quantitative estimate of drug-likeness (QED) is 0.805. The first-order chi connectivity index (χ1) is 5.81.